The van der Waals surface area contributed by atoms with Gasteiger partial charge in [0.1, 0.15) is 11.5 Å². The second kappa shape index (κ2) is 7.63. The van der Waals surface area contributed by atoms with Crippen LogP contribution in [0.4, 0.5) is 5.69 Å². The van der Waals surface area contributed by atoms with Gasteiger partial charge in [-0.3, -0.25) is 9.69 Å². The number of nitrogens with zero attached hydrogens (tertiary/aromatic N) is 1. The Balaban J connectivity index is 2.72. The fourth-order valence-electron chi connectivity index (χ4n) is 1.73. The molecule has 0 aliphatic carbocycles. The first kappa shape index (κ1) is 15.3. The summed E-state index contributed by atoms with van der Waals surface area (Å²) in [6, 6.07) is 5.30. The normalized spacial score (nSPS) is 10.4. The zero-order valence-corrected chi connectivity index (χ0v) is 12.0. The first-order valence-corrected chi connectivity index (χ1v) is 6.38. The molecule has 0 spiro atoms. The number of methoxy groups -OCH3 is 2. The summed E-state index contributed by atoms with van der Waals surface area (Å²) in [4.78, 5) is 14.0. The molecule has 0 heterocycles. The van der Waals surface area contributed by atoms with Crippen LogP contribution in [0.5, 0.6) is 11.5 Å². The van der Waals surface area contributed by atoms with Crippen molar-refractivity contribution in [3.63, 3.8) is 0 Å². The molecule has 0 aliphatic rings. The van der Waals surface area contributed by atoms with E-state index in [4.69, 9.17) is 9.47 Å². The molecule has 0 saturated carbocycles. The van der Waals surface area contributed by atoms with Crippen LogP contribution in [-0.2, 0) is 4.79 Å². The van der Waals surface area contributed by atoms with Gasteiger partial charge in [0.15, 0.2) is 0 Å². The summed E-state index contributed by atoms with van der Waals surface area (Å²) in [6.07, 6.45) is 0. The molecule has 5 nitrogen and oxygen atoms in total. The van der Waals surface area contributed by atoms with E-state index in [1.165, 1.54) is 0 Å². The Kier molecular flexibility index (Phi) is 6.15. The second-order valence-corrected chi connectivity index (χ2v) is 4.11. The van der Waals surface area contributed by atoms with Gasteiger partial charge in [0.2, 0.25) is 5.91 Å². The smallest absolute Gasteiger partial charge is 0.238 e. The van der Waals surface area contributed by atoms with Crippen LogP contribution < -0.4 is 14.8 Å². The van der Waals surface area contributed by atoms with Gasteiger partial charge in [0.25, 0.3) is 0 Å². The van der Waals surface area contributed by atoms with E-state index in [2.05, 4.69) is 5.32 Å². The largest absolute Gasteiger partial charge is 0.497 e. The van der Waals surface area contributed by atoms with Crippen LogP contribution in [0.2, 0.25) is 0 Å². The molecule has 1 aromatic rings. The van der Waals surface area contributed by atoms with Crippen LogP contribution >= 0.6 is 0 Å². The summed E-state index contributed by atoms with van der Waals surface area (Å²) in [6.45, 7) is 6.15. The average molecular weight is 266 g/mol. The van der Waals surface area contributed by atoms with E-state index < -0.39 is 0 Å². The summed E-state index contributed by atoms with van der Waals surface area (Å²) >= 11 is 0. The lowest BCUT2D eigenvalue weighted by Gasteiger charge is -2.17. The van der Waals surface area contributed by atoms with Gasteiger partial charge in [-0.25, -0.2) is 0 Å². The van der Waals surface area contributed by atoms with Crippen LogP contribution in [0.3, 0.4) is 0 Å². The quantitative estimate of drug-likeness (QED) is 0.820. The van der Waals surface area contributed by atoms with Crippen LogP contribution in [-0.4, -0.2) is 44.7 Å². The first-order valence-electron chi connectivity index (χ1n) is 6.38. The number of ether oxygens (including phenoxy) is 2. The highest BCUT2D eigenvalue weighted by atomic mass is 16.5. The minimum absolute atomic E-state index is 0.0426. The Bertz CT molecular complexity index is 395. The molecule has 106 valence electrons. The minimum Gasteiger partial charge on any atom is -0.497 e. The maximum absolute atomic E-state index is 11.9. The summed E-state index contributed by atoms with van der Waals surface area (Å²) in [7, 11) is 3.16. The SMILES string of the molecule is CCN(CC)CC(=O)Nc1cc(OC)cc(OC)c1. The van der Waals surface area contributed by atoms with Crippen molar-refractivity contribution in [3.05, 3.63) is 18.2 Å². The van der Waals surface area contributed by atoms with Crippen molar-refractivity contribution in [2.45, 2.75) is 13.8 Å². The molecule has 0 aromatic heterocycles. The zero-order chi connectivity index (χ0) is 14.3. The lowest BCUT2D eigenvalue weighted by atomic mass is 10.2. The number of hydrogen-bond donors (Lipinski definition) is 1. The molecular formula is C14H22N2O3. The Labute approximate surface area is 114 Å². The van der Waals surface area contributed by atoms with Crippen LogP contribution in [0.15, 0.2) is 18.2 Å². The van der Waals surface area contributed by atoms with Crippen molar-refractivity contribution in [2.75, 3.05) is 39.2 Å². The van der Waals surface area contributed by atoms with Crippen molar-refractivity contribution in [1.29, 1.82) is 0 Å². The summed E-state index contributed by atoms with van der Waals surface area (Å²) < 4.78 is 10.3. The molecule has 1 N–H and O–H groups in total. The number of benzene rings is 1. The molecule has 1 rings (SSSR count). The second-order valence-electron chi connectivity index (χ2n) is 4.11. The van der Waals surface area contributed by atoms with Gasteiger partial charge in [-0.2, -0.15) is 0 Å². The standard InChI is InChI=1S/C14H22N2O3/c1-5-16(6-2)10-14(17)15-11-7-12(18-3)9-13(8-11)19-4/h7-9H,5-6,10H2,1-4H3,(H,15,17). The first-order chi connectivity index (χ1) is 9.12. The lowest BCUT2D eigenvalue weighted by Crippen LogP contribution is -2.32. The van der Waals surface area contributed by atoms with E-state index in [-0.39, 0.29) is 5.91 Å². The predicted octanol–water partition coefficient (Wildman–Crippen LogP) is 1.98. The van der Waals surface area contributed by atoms with Gasteiger partial charge in [-0.15, -0.1) is 0 Å². The summed E-state index contributed by atoms with van der Waals surface area (Å²) in [5.41, 5.74) is 0.674. The highest BCUT2D eigenvalue weighted by Crippen LogP contribution is 2.25. The fourth-order valence-corrected chi connectivity index (χ4v) is 1.73. The molecule has 0 radical (unpaired) electrons. The minimum atomic E-state index is -0.0426. The van der Waals surface area contributed by atoms with Gasteiger partial charge in [0.05, 0.1) is 20.8 Å². The van der Waals surface area contributed by atoms with Crippen LogP contribution in [0.25, 0.3) is 0 Å². The van der Waals surface area contributed by atoms with Crippen molar-refractivity contribution < 1.29 is 14.3 Å². The molecular weight excluding hydrogens is 244 g/mol. The zero-order valence-electron chi connectivity index (χ0n) is 12.0. The van der Waals surface area contributed by atoms with Crippen molar-refractivity contribution in [3.8, 4) is 11.5 Å². The maximum atomic E-state index is 11.9. The van der Waals surface area contributed by atoms with Gasteiger partial charge in [-0.1, -0.05) is 13.8 Å². The Hall–Kier alpha value is -1.75. The molecule has 5 heteroatoms. The van der Waals surface area contributed by atoms with E-state index in [0.717, 1.165) is 13.1 Å². The molecule has 1 aromatic carbocycles. The van der Waals surface area contributed by atoms with Gasteiger partial charge in [0, 0.05) is 23.9 Å². The van der Waals surface area contributed by atoms with E-state index in [0.29, 0.717) is 23.7 Å². The number of amides is 1. The number of carbonyl (C=O) groups excluding carboxylic acids is 1. The van der Waals surface area contributed by atoms with Crippen molar-refractivity contribution >= 4 is 11.6 Å². The molecule has 0 fully saturated rings. The number of rotatable bonds is 7. The van der Waals surface area contributed by atoms with E-state index in [1.807, 2.05) is 18.7 Å². The third-order valence-corrected chi connectivity index (χ3v) is 2.90. The monoisotopic (exact) mass is 266 g/mol. The van der Waals surface area contributed by atoms with Crippen LogP contribution in [0, 0.1) is 0 Å². The predicted molar refractivity (Wildman–Crippen MR) is 76.0 cm³/mol. The number of anilines is 1. The molecule has 0 atom stereocenters. The van der Waals surface area contributed by atoms with E-state index in [1.54, 1.807) is 32.4 Å². The molecule has 0 bridgehead atoms. The van der Waals surface area contributed by atoms with Gasteiger partial charge < -0.3 is 14.8 Å². The lowest BCUT2D eigenvalue weighted by molar-refractivity contribution is -0.117. The maximum Gasteiger partial charge on any atom is 0.238 e. The van der Waals surface area contributed by atoms with Crippen LogP contribution in [0.1, 0.15) is 13.8 Å². The molecule has 0 unspecified atom stereocenters. The number of nitrogens with one attached hydrogen (secondary N) is 1. The molecule has 19 heavy (non-hydrogen) atoms. The topological polar surface area (TPSA) is 50.8 Å². The number of carbonyl (C=O) groups is 1. The molecule has 1 amide bonds. The highest BCUT2D eigenvalue weighted by Gasteiger charge is 2.09. The number of likely N-dealkylation sites (N-methyl/N-ethyl adjacent to an activating group) is 1. The van der Waals surface area contributed by atoms with Gasteiger partial charge in [-0.05, 0) is 13.1 Å². The van der Waals surface area contributed by atoms with Crippen molar-refractivity contribution in [2.24, 2.45) is 0 Å². The number of hydrogen-bond acceptors (Lipinski definition) is 4. The molecule has 0 saturated heterocycles. The Morgan fingerprint density at radius 3 is 2.05 bits per heavy atom. The molecule has 0 aliphatic heterocycles. The van der Waals surface area contributed by atoms with E-state index >= 15 is 0 Å². The Morgan fingerprint density at radius 1 is 1.11 bits per heavy atom. The van der Waals surface area contributed by atoms with Crippen molar-refractivity contribution in [1.82, 2.24) is 4.90 Å². The highest BCUT2D eigenvalue weighted by molar-refractivity contribution is 5.92. The van der Waals surface area contributed by atoms with E-state index in [9.17, 15) is 4.79 Å². The van der Waals surface area contributed by atoms with Gasteiger partial charge >= 0.3 is 0 Å². The average Bonchev–Trinajstić information content (AvgIpc) is 2.44. The third-order valence-electron chi connectivity index (χ3n) is 2.90. The third kappa shape index (κ3) is 4.79. The summed E-state index contributed by atoms with van der Waals surface area (Å²) in [5.74, 6) is 1.26. The fraction of sp³-hybridized carbons (Fsp3) is 0.500. The Morgan fingerprint density at radius 2 is 1.63 bits per heavy atom. The summed E-state index contributed by atoms with van der Waals surface area (Å²) in [5, 5.41) is 2.85.